The van der Waals surface area contributed by atoms with Crippen LogP contribution in [0.5, 0.6) is 0 Å². The van der Waals surface area contributed by atoms with Crippen LogP contribution in [0.25, 0.3) is 16.8 Å². The van der Waals surface area contributed by atoms with Crippen LogP contribution in [0.4, 0.5) is 13.2 Å². The lowest BCUT2D eigenvalue weighted by molar-refractivity contribution is -0.141. The van der Waals surface area contributed by atoms with Gasteiger partial charge in [0, 0.05) is 11.8 Å². The van der Waals surface area contributed by atoms with Crippen molar-refractivity contribution in [3.05, 3.63) is 66.0 Å². The van der Waals surface area contributed by atoms with Crippen LogP contribution in [0.15, 0.2) is 59.6 Å². The standard InChI is InChI=1S/C18H17F3N4O2S/c1-12-5-7-13(8-6-12)14-3-2-4-15(17(14)28(26,27)23-11-22)25-10-9-16(24-25)18(19,20)21/h2-10,23H,11,22H2,1H3. The van der Waals surface area contributed by atoms with Crippen LogP contribution >= 0.6 is 0 Å². The summed E-state index contributed by atoms with van der Waals surface area (Å²) in [7, 11) is -4.12. The van der Waals surface area contributed by atoms with Crippen LogP contribution in [0.1, 0.15) is 11.3 Å². The number of halogens is 3. The molecule has 3 N–H and O–H groups in total. The van der Waals surface area contributed by atoms with Crippen molar-refractivity contribution in [1.29, 1.82) is 0 Å². The number of benzene rings is 2. The first kappa shape index (κ1) is 20.1. The number of aromatic nitrogens is 2. The van der Waals surface area contributed by atoms with E-state index in [1.165, 1.54) is 6.07 Å². The maximum Gasteiger partial charge on any atom is 0.435 e. The Labute approximate surface area is 159 Å². The van der Waals surface area contributed by atoms with Crippen LogP contribution in [0, 0.1) is 6.92 Å². The van der Waals surface area contributed by atoms with Gasteiger partial charge in [0.05, 0.1) is 12.4 Å². The van der Waals surface area contributed by atoms with Gasteiger partial charge in [-0.15, -0.1) is 0 Å². The van der Waals surface area contributed by atoms with Gasteiger partial charge in [-0.05, 0) is 24.6 Å². The molecule has 0 saturated heterocycles. The molecule has 0 amide bonds. The van der Waals surface area contributed by atoms with Crippen molar-refractivity contribution >= 4 is 10.0 Å². The molecule has 0 aliphatic heterocycles. The van der Waals surface area contributed by atoms with Gasteiger partial charge in [0.2, 0.25) is 10.0 Å². The minimum absolute atomic E-state index is 0.0190. The summed E-state index contributed by atoms with van der Waals surface area (Å²) in [6, 6.07) is 12.4. The van der Waals surface area contributed by atoms with E-state index >= 15 is 0 Å². The van der Waals surface area contributed by atoms with Gasteiger partial charge in [0.25, 0.3) is 0 Å². The molecule has 0 atom stereocenters. The smallest absolute Gasteiger partial charge is 0.318 e. The van der Waals surface area contributed by atoms with E-state index in [0.29, 0.717) is 11.1 Å². The maximum absolute atomic E-state index is 12.9. The van der Waals surface area contributed by atoms with Crippen LogP contribution < -0.4 is 10.5 Å². The van der Waals surface area contributed by atoms with Crippen LogP contribution in [0.3, 0.4) is 0 Å². The lowest BCUT2D eigenvalue weighted by Gasteiger charge is -2.16. The third-order valence-electron chi connectivity index (χ3n) is 4.03. The molecule has 0 aliphatic rings. The number of hydrogen-bond acceptors (Lipinski definition) is 4. The second-order valence-electron chi connectivity index (χ2n) is 6.02. The first-order valence-electron chi connectivity index (χ1n) is 8.16. The molecule has 0 spiro atoms. The Morgan fingerprint density at radius 1 is 1.11 bits per heavy atom. The Balaban J connectivity index is 2.27. The van der Waals surface area contributed by atoms with Crippen LogP contribution in [-0.4, -0.2) is 24.9 Å². The van der Waals surface area contributed by atoms with Gasteiger partial charge in [-0.1, -0.05) is 42.0 Å². The molecule has 3 aromatic rings. The van der Waals surface area contributed by atoms with Gasteiger partial charge < -0.3 is 5.73 Å². The van der Waals surface area contributed by atoms with Gasteiger partial charge >= 0.3 is 6.18 Å². The number of hydrogen-bond donors (Lipinski definition) is 2. The molecule has 2 aromatic carbocycles. The molecular weight excluding hydrogens is 393 g/mol. The van der Waals surface area contributed by atoms with E-state index < -0.39 is 21.9 Å². The minimum Gasteiger partial charge on any atom is -0.318 e. The van der Waals surface area contributed by atoms with E-state index in [2.05, 4.69) is 9.82 Å². The minimum atomic E-state index is -4.64. The number of nitrogens with two attached hydrogens (primary N) is 1. The highest BCUT2D eigenvalue weighted by atomic mass is 32.2. The predicted molar refractivity (Wildman–Crippen MR) is 98.1 cm³/mol. The fourth-order valence-corrected chi connectivity index (χ4v) is 4.02. The van der Waals surface area contributed by atoms with Crippen LogP contribution in [-0.2, 0) is 16.2 Å². The molecular formula is C18H17F3N4O2S. The highest BCUT2D eigenvalue weighted by molar-refractivity contribution is 7.89. The van der Waals surface area contributed by atoms with Gasteiger partial charge in [-0.2, -0.15) is 23.0 Å². The highest BCUT2D eigenvalue weighted by Crippen LogP contribution is 2.33. The SMILES string of the molecule is Cc1ccc(-c2cccc(-n3ccc(C(F)(F)F)n3)c2S(=O)(=O)NCN)cc1. The Kier molecular flexibility index (Phi) is 5.28. The van der Waals surface area contributed by atoms with E-state index in [0.717, 1.165) is 22.5 Å². The van der Waals surface area contributed by atoms with Crippen molar-refractivity contribution in [1.82, 2.24) is 14.5 Å². The zero-order valence-electron chi connectivity index (χ0n) is 14.7. The van der Waals surface area contributed by atoms with Gasteiger partial charge in [-0.25, -0.2) is 13.1 Å². The largest absolute Gasteiger partial charge is 0.435 e. The molecule has 0 unspecified atom stereocenters. The molecule has 3 rings (SSSR count). The molecule has 0 saturated carbocycles. The lowest BCUT2D eigenvalue weighted by atomic mass is 10.0. The molecule has 28 heavy (non-hydrogen) atoms. The summed E-state index contributed by atoms with van der Waals surface area (Å²) in [5.41, 5.74) is 6.10. The molecule has 1 heterocycles. The van der Waals surface area contributed by atoms with E-state index in [4.69, 9.17) is 5.73 Å². The third-order valence-corrected chi connectivity index (χ3v) is 5.54. The molecule has 0 aliphatic carbocycles. The Morgan fingerprint density at radius 2 is 1.79 bits per heavy atom. The Hall–Kier alpha value is -2.69. The van der Waals surface area contributed by atoms with E-state index in [-0.39, 0.29) is 17.3 Å². The first-order valence-corrected chi connectivity index (χ1v) is 9.65. The summed E-state index contributed by atoms with van der Waals surface area (Å²) in [6.45, 7) is 1.52. The second-order valence-corrected chi connectivity index (χ2v) is 7.72. The third kappa shape index (κ3) is 3.93. The van der Waals surface area contributed by atoms with E-state index in [1.54, 1.807) is 24.3 Å². The molecule has 0 radical (unpaired) electrons. The quantitative estimate of drug-likeness (QED) is 0.633. The summed E-state index contributed by atoms with van der Waals surface area (Å²) in [5, 5.41) is 3.50. The summed E-state index contributed by atoms with van der Waals surface area (Å²) in [6.07, 6.45) is -3.58. The number of nitrogens with zero attached hydrogens (tertiary/aromatic N) is 2. The van der Waals surface area contributed by atoms with Crippen molar-refractivity contribution in [2.45, 2.75) is 18.0 Å². The molecule has 148 valence electrons. The average molecular weight is 410 g/mol. The topological polar surface area (TPSA) is 90.0 Å². The fraction of sp³-hybridized carbons (Fsp3) is 0.167. The van der Waals surface area contributed by atoms with Crippen molar-refractivity contribution in [2.75, 3.05) is 6.67 Å². The van der Waals surface area contributed by atoms with Gasteiger partial charge in [0.1, 0.15) is 4.90 Å². The molecule has 6 nitrogen and oxygen atoms in total. The molecule has 0 fully saturated rings. The highest BCUT2D eigenvalue weighted by Gasteiger charge is 2.34. The van der Waals surface area contributed by atoms with E-state index in [9.17, 15) is 21.6 Å². The summed E-state index contributed by atoms with van der Waals surface area (Å²) < 4.78 is 67.6. The summed E-state index contributed by atoms with van der Waals surface area (Å²) in [5.74, 6) is 0. The normalized spacial score (nSPS) is 12.3. The summed E-state index contributed by atoms with van der Waals surface area (Å²) in [4.78, 5) is -0.207. The molecule has 1 aromatic heterocycles. The van der Waals surface area contributed by atoms with Gasteiger partial charge in [0.15, 0.2) is 5.69 Å². The van der Waals surface area contributed by atoms with Crippen LogP contribution in [0.2, 0.25) is 0 Å². The number of alkyl halides is 3. The average Bonchev–Trinajstić information content (AvgIpc) is 3.12. The number of aryl methyl sites for hydroxylation is 1. The van der Waals surface area contributed by atoms with Crippen molar-refractivity contribution in [3.63, 3.8) is 0 Å². The molecule has 10 heteroatoms. The fourth-order valence-electron chi connectivity index (χ4n) is 2.74. The maximum atomic E-state index is 12.9. The lowest BCUT2D eigenvalue weighted by Crippen LogP contribution is -2.30. The Morgan fingerprint density at radius 3 is 2.36 bits per heavy atom. The number of rotatable bonds is 5. The summed E-state index contributed by atoms with van der Waals surface area (Å²) >= 11 is 0. The molecule has 0 bridgehead atoms. The monoisotopic (exact) mass is 410 g/mol. The number of nitrogens with one attached hydrogen (secondary N) is 1. The zero-order chi connectivity index (χ0) is 20.5. The number of sulfonamides is 1. The van der Waals surface area contributed by atoms with Crippen molar-refractivity contribution < 1.29 is 21.6 Å². The Bertz CT molecular complexity index is 1090. The van der Waals surface area contributed by atoms with Crippen molar-refractivity contribution in [3.8, 4) is 16.8 Å². The predicted octanol–water partition coefficient (Wildman–Crippen LogP) is 3.06. The zero-order valence-corrected chi connectivity index (χ0v) is 15.6. The first-order chi connectivity index (χ1) is 13.1. The van der Waals surface area contributed by atoms with Crippen molar-refractivity contribution in [2.24, 2.45) is 5.73 Å². The van der Waals surface area contributed by atoms with Gasteiger partial charge in [-0.3, -0.25) is 0 Å². The van der Waals surface area contributed by atoms with E-state index in [1.807, 2.05) is 19.1 Å². The second kappa shape index (κ2) is 7.38.